The van der Waals surface area contributed by atoms with E-state index >= 15 is 0 Å². The van der Waals surface area contributed by atoms with Gasteiger partial charge in [0, 0.05) is 24.2 Å². The molecule has 0 fully saturated rings. The normalized spacial score (nSPS) is 11.8. The molecule has 0 aliphatic carbocycles. The van der Waals surface area contributed by atoms with Gasteiger partial charge in [-0.1, -0.05) is 0 Å². The molecule has 1 aromatic carbocycles. The number of imidazole rings is 1. The topological polar surface area (TPSA) is 103 Å². The van der Waals surface area contributed by atoms with Gasteiger partial charge in [-0.15, -0.1) is 0 Å². The van der Waals surface area contributed by atoms with Crippen LogP contribution in [0.3, 0.4) is 0 Å². The number of fused-ring (bicyclic) bond motifs is 1. The maximum absolute atomic E-state index is 13.4. The van der Waals surface area contributed by atoms with Gasteiger partial charge >= 0.3 is 0 Å². The van der Waals surface area contributed by atoms with Gasteiger partial charge in [-0.05, 0) is 61.0 Å². The molecule has 0 unspecified atom stereocenters. The highest BCUT2D eigenvalue weighted by molar-refractivity contribution is 7.90. The van der Waals surface area contributed by atoms with Crippen LogP contribution in [0.5, 0.6) is 0 Å². The van der Waals surface area contributed by atoms with Gasteiger partial charge in [0.1, 0.15) is 11.5 Å². The Labute approximate surface area is 167 Å². The molecule has 0 spiro atoms. The second-order valence-electron chi connectivity index (χ2n) is 6.61. The third-order valence-electron chi connectivity index (χ3n) is 4.45. The monoisotopic (exact) mass is 411 g/mol. The van der Waals surface area contributed by atoms with Gasteiger partial charge in [0.25, 0.3) is 0 Å². The summed E-state index contributed by atoms with van der Waals surface area (Å²) < 4.78 is 39.1. The Bertz CT molecular complexity index is 1300. The zero-order chi connectivity index (χ0) is 20.6. The van der Waals surface area contributed by atoms with Crippen molar-refractivity contribution in [2.24, 2.45) is 5.73 Å². The van der Waals surface area contributed by atoms with E-state index in [0.717, 1.165) is 11.8 Å². The predicted octanol–water partition coefficient (Wildman–Crippen LogP) is 2.50. The Kier molecular flexibility index (Phi) is 4.85. The first-order valence-corrected chi connectivity index (χ1v) is 10.8. The maximum atomic E-state index is 13.4. The van der Waals surface area contributed by atoms with Gasteiger partial charge in [-0.25, -0.2) is 27.8 Å². The average Bonchev–Trinajstić information content (AvgIpc) is 3.07. The van der Waals surface area contributed by atoms with Crippen molar-refractivity contribution in [1.82, 2.24) is 19.4 Å². The van der Waals surface area contributed by atoms with E-state index in [9.17, 15) is 12.8 Å². The summed E-state index contributed by atoms with van der Waals surface area (Å²) in [6, 6.07) is 11.4. The zero-order valence-electron chi connectivity index (χ0n) is 15.6. The number of pyridine rings is 1. The second kappa shape index (κ2) is 7.34. The predicted molar refractivity (Wildman–Crippen MR) is 107 cm³/mol. The molecular formula is C20H18FN5O2S. The Hall–Kier alpha value is -3.17. The summed E-state index contributed by atoms with van der Waals surface area (Å²) in [5.74, 6) is -0.356. The van der Waals surface area contributed by atoms with Gasteiger partial charge in [0.15, 0.2) is 0 Å². The lowest BCUT2D eigenvalue weighted by atomic mass is 10.1. The van der Waals surface area contributed by atoms with E-state index in [4.69, 9.17) is 10.7 Å². The summed E-state index contributed by atoms with van der Waals surface area (Å²) in [7, 11) is -3.58. The third-order valence-corrected chi connectivity index (χ3v) is 5.31. The van der Waals surface area contributed by atoms with Gasteiger partial charge < -0.3 is 5.73 Å². The fourth-order valence-electron chi connectivity index (χ4n) is 3.11. The molecule has 9 heteroatoms. The standard InChI is InChI=1S/C20H18FN5O2S/c1-29(27,28)20-23-10-7-16(24-20)19-18(14-2-4-15(21)5-3-14)25-17-12-13(6-9-22)8-11-26(17)19/h2-5,7-8,10-12H,6,9,22H2,1H3. The molecule has 2 N–H and O–H groups in total. The minimum Gasteiger partial charge on any atom is -0.330 e. The largest absolute Gasteiger partial charge is 0.330 e. The van der Waals surface area contributed by atoms with E-state index in [0.29, 0.717) is 41.3 Å². The molecule has 0 bridgehead atoms. The van der Waals surface area contributed by atoms with Crippen LogP contribution in [0.15, 0.2) is 60.0 Å². The Balaban J connectivity index is 2.00. The molecular weight excluding hydrogens is 393 g/mol. The zero-order valence-corrected chi connectivity index (χ0v) is 16.4. The van der Waals surface area contributed by atoms with Crippen LogP contribution in [0.25, 0.3) is 28.3 Å². The molecule has 4 rings (SSSR count). The van der Waals surface area contributed by atoms with Gasteiger partial charge in [0.05, 0.1) is 17.1 Å². The molecule has 3 heterocycles. The molecule has 0 saturated carbocycles. The molecule has 4 aromatic rings. The molecule has 148 valence electrons. The lowest BCUT2D eigenvalue weighted by Crippen LogP contribution is -2.05. The van der Waals surface area contributed by atoms with Crippen molar-refractivity contribution in [3.63, 3.8) is 0 Å². The number of aromatic nitrogens is 4. The first-order valence-electron chi connectivity index (χ1n) is 8.87. The van der Waals surface area contributed by atoms with Crippen molar-refractivity contribution in [1.29, 1.82) is 0 Å². The highest BCUT2D eigenvalue weighted by Crippen LogP contribution is 2.32. The Morgan fingerprint density at radius 2 is 1.86 bits per heavy atom. The lowest BCUT2D eigenvalue weighted by Gasteiger charge is -2.07. The highest BCUT2D eigenvalue weighted by Gasteiger charge is 2.20. The molecule has 0 aliphatic rings. The molecule has 0 atom stereocenters. The van der Waals surface area contributed by atoms with E-state index in [1.54, 1.807) is 18.2 Å². The number of hydrogen-bond acceptors (Lipinski definition) is 6. The molecule has 0 aliphatic heterocycles. The first kappa shape index (κ1) is 19.2. The summed E-state index contributed by atoms with van der Waals surface area (Å²) in [5, 5.41) is -0.269. The SMILES string of the molecule is CS(=O)(=O)c1nccc(-c2c(-c3ccc(F)cc3)nc3cc(CCN)ccn23)n1. The number of rotatable bonds is 5. The second-order valence-corrected chi connectivity index (χ2v) is 8.52. The van der Waals surface area contributed by atoms with Crippen molar-refractivity contribution >= 4 is 15.5 Å². The van der Waals surface area contributed by atoms with Crippen LogP contribution >= 0.6 is 0 Å². The summed E-state index contributed by atoms with van der Waals surface area (Å²) in [4.78, 5) is 12.8. The molecule has 3 aromatic heterocycles. The van der Waals surface area contributed by atoms with Crippen molar-refractivity contribution < 1.29 is 12.8 Å². The minimum atomic E-state index is -3.58. The number of nitrogens with zero attached hydrogens (tertiary/aromatic N) is 4. The van der Waals surface area contributed by atoms with Crippen molar-refractivity contribution in [3.8, 4) is 22.6 Å². The van der Waals surface area contributed by atoms with Gasteiger partial charge in [-0.2, -0.15) is 0 Å². The van der Waals surface area contributed by atoms with Crippen LogP contribution in [0.4, 0.5) is 4.39 Å². The number of halogens is 1. The van der Waals surface area contributed by atoms with Crippen molar-refractivity contribution in [3.05, 3.63) is 66.2 Å². The molecule has 7 nitrogen and oxygen atoms in total. The van der Waals surface area contributed by atoms with Crippen molar-refractivity contribution in [2.75, 3.05) is 12.8 Å². The summed E-state index contributed by atoms with van der Waals surface area (Å²) in [5.41, 5.74) is 9.59. The number of hydrogen-bond donors (Lipinski definition) is 1. The molecule has 0 radical (unpaired) electrons. The molecule has 0 amide bonds. The number of nitrogens with two attached hydrogens (primary N) is 1. The van der Waals surface area contributed by atoms with Crippen LogP contribution in [-0.2, 0) is 16.3 Å². The van der Waals surface area contributed by atoms with Gasteiger partial charge in [0.2, 0.25) is 15.0 Å². The molecule has 0 saturated heterocycles. The van der Waals surface area contributed by atoms with Crippen LogP contribution in [0.2, 0.25) is 0 Å². The number of sulfone groups is 1. The fraction of sp³-hybridized carbons (Fsp3) is 0.150. The summed E-state index contributed by atoms with van der Waals surface area (Å²) >= 11 is 0. The highest BCUT2D eigenvalue weighted by atomic mass is 32.2. The third kappa shape index (κ3) is 3.74. The van der Waals surface area contributed by atoms with Crippen LogP contribution in [0, 0.1) is 5.82 Å². The van der Waals surface area contributed by atoms with Crippen LogP contribution in [-0.4, -0.2) is 40.6 Å². The van der Waals surface area contributed by atoms with E-state index in [1.807, 2.05) is 22.7 Å². The van der Waals surface area contributed by atoms with E-state index in [1.165, 1.54) is 18.3 Å². The Morgan fingerprint density at radius 1 is 1.10 bits per heavy atom. The smallest absolute Gasteiger partial charge is 0.247 e. The fourth-order valence-corrected chi connectivity index (χ4v) is 3.63. The van der Waals surface area contributed by atoms with Gasteiger partial charge in [-0.3, -0.25) is 4.40 Å². The maximum Gasteiger partial charge on any atom is 0.247 e. The summed E-state index contributed by atoms with van der Waals surface area (Å²) in [6.07, 6.45) is 5.00. The number of benzene rings is 1. The first-order chi connectivity index (χ1) is 13.9. The Morgan fingerprint density at radius 3 is 2.55 bits per heavy atom. The summed E-state index contributed by atoms with van der Waals surface area (Å²) in [6.45, 7) is 0.512. The van der Waals surface area contributed by atoms with Crippen molar-refractivity contribution in [2.45, 2.75) is 11.6 Å². The molecule has 29 heavy (non-hydrogen) atoms. The minimum absolute atomic E-state index is 0.269. The average molecular weight is 411 g/mol. The quantitative estimate of drug-likeness (QED) is 0.506. The van der Waals surface area contributed by atoms with E-state index < -0.39 is 9.84 Å². The van der Waals surface area contributed by atoms with E-state index in [-0.39, 0.29) is 11.0 Å². The van der Waals surface area contributed by atoms with Crippen LogP contribution < -0.4 is 5.73 Å². The lowest BCUT2D eigenvalue weighted by molar-refractivity contribution is 0.593. The van der Waals surface area contributed by atoms with Crippen LogP contribution in [0.1, 0.15) is 5.56 Å². The van der Waals surface area contributed by atoms with E-state index in [2.05, 4.69) is 9.97 Å².